The van der Waals surface area contributed by atoms with Gasteiger partial charge in [-0.1, -0.05) is 29.8 Å². The van der Waals surface area contributed by atoms with Crippen LogP contribution in [-0.4, -0.2) is 0 Å². The van der Waals surface area contributed by atoms with Gasteiger partial charge in [-0.3, -0.25) is 0 Å². The van der Waals surface area contributed by atoms with E-state index in [1.54, 1.807) is 6.07 Å². The van der Waals surface area contributed by atoms with Crippen molar-refractivity contribution in [3.63, 3.8) is 0 Å². The van der Waals surface area contributed by atoms with Crippen LogP contribution in [0.15, 0.2) is 40.9 Å². The molecule has 0 saturated carbocycles. The van der Waals surface area contributed by atoms with Gasteiger partial charge >= 0.3 is 0 Å². The lowest BCUT2D eigenvalue weighted by molar-refractivity contribution is 0.460. The van der Waals surface area contributed by atoms with Crippen LogP contribution in [0.2, 0.25) is 0 Å². The number of hydrogen-bond donors (Lipinski definition) is 1. The topological polar surface area (TPSA) is 35.2 Å². The first-order valence-corrected chi connectivity index (χ1v) is 7.70. The summed E-state index contributed by atoms with van der Waals surface area (Å²) >= 11 is 3.47. The van der Waals surface area contributed by atoms with E-state index in [4.69, 9.17) is 10.5 Å². The van der Waals surface area contributed by atoms with Crippen LogP contribution >= 0.6 is 15.9 Å². The van der Waals surface area contributed by atoms with E-state index in [9.17, 15) is 4.39 Å². The van der Waals surface area contributed by atoms with Gasteiger partial charge in [0.25, 0.3) is 0 Å². The fraction of sp³-hybridized carbons (Fsp3) is 0.294. The predicted octanol–water partition coefficient (Wildman–Crippen LogP) is 5.52. The zero-order chi connectivity index (χ0) is 15.6. The van der Waals surface area contributed by atoms with Gasteiger partial charge in [0.15, 0.2) is 0 Å². The van der Waals surface area contributed by atoms with Crippen LogP contribution in [0.5, 0.6) is 11.5 Å². The van der Waals surface area contributed by atoms with Crippen LogP contribution in [0.3, 0.4) is 0 Å². The summed E-state index contributed by atoms with van der Waals surface area (Å²) in [5, 5.41) is 0. The molecule has 0 saturated heterocycles. The minimum Gasteiger partial charge on any atom is -0.457 e. The van der Waals surface area contributed by atoms with Gasteiger partial charge in [-0.15, -0.1) is 0 Å². The maximum atomic E-state index is 13.4. The molecule has 0 bridgehead atoms. The largest absolute Gasteiger partial charge is 0.457 e. The first-order valence-electron chi connectivity index (χ1n) is 6.91. The fourth-order valence-electron chi connectivity index (χ4n) is 2.15. The Morgan fingerprint density at radius 1 is 1.00 bits per heavy atom. The first kappa shape index (κ1) is 16.0. The van der Waals surface area contributed by atoms with E-state index < -0.39 is 0 Å². The van der Waals surface area contributed by atoms with E-state index in [1.807, 2.05) is 25.1 Å². The molecule has 2 nitrogen and oxygen atoms in total. The van der Waals surface area contributed by atoms with Crippen molar-refractivity contribution < 1.29 is 9.13 Å². The Morgan fingerprint density at radius 3 is 2.24 bits per heavy atom. The Kier molecular flexibility index (Phi) is 5.01. The van der Waals surface area contributed by atoms with Gasteiger partial charge in [-0.2, -0.15) is 0 Å². The Balaban J connectivity index is 2.43. The molecule has 1 atom stereocenters. The normalized spacial score (nSPS) is 12.5. The summed E-state index contributed by atoms with van der Waals surface area (Å²) in [6, 6.07) is 10.0. The molecule has 0 spiro atoms. The lowest BCUT2D eigenvalue weighted by Crippen LogP contribution is -2.07. The number of halogens is 2. The molecule has 2 aromatic carbocycles. The summed E-state index contributed by atoms with van der Waals surface area (Å²) in [4.78, 5) is 0. The maximum absolute atomic E-state index is 13.4. The van der Waals surface area contributed by atoms with Crippen molar-refractivity contribution in [2.75, 3.05) is 0 Å². The average Bonchev–Trinajstić information content (AvgIpc) is 2.42. The molecule has 0 aliphatic rings. The van der Waals surface area contributed by atoms with Crippen molar-refractivity contribution in [1.29, 1.82) is 0 Å². The third-order valence-electron chi connectivity index (χ3n) is 3.28. The smallest absolute Gasteiger partial charge is 0.132 e. The highest BCUT2D eigenvalue weighted by Crippen LogP contribution is 2.35. The van der Waals surface area contributed by atoms with Crippen LogP contribution in [0.1, 0.15) is 43.9 Å². The molecule has 21 heavy (non-hydrogen) atoms. The summed E-state index contributed by atoms with van der Waals surface area (Å²) < 4.78 is 20.4. The van der Waals surface area contributed by atoms with Crippen molar-refractivity contribution in [2.24, 2.45) is 5.73 Å². The van der Waals surface area contributed by atoms with Crippen LogP contribution in [0, 0.1) is 5.82 Å². The first-order chi connectivity index (χ1) is 9.88. The molecule has 2 aromatic rings. The lowest BCUT2D eigenvalue weighted by Gasteiger charge is -2.18. The highest BCUT2D eigenvalue weighted by atomic mass is 79.9. The minimum atomic E-state index is -0.311. The minimum absolute atomic E-state index is 0.298. The molecule has 0 radical (unpaired) electrons. The van der Waals surface area contributed by atoms with Gasteiger partial charge in [-0.25, -0.2) is 4.39 Å². The Bertz CT molecular complexity index is 585. The van der Waals surface area contributed by atoms with Crippen molar-refractivity contribution in [3.8, 4) is 11.5 Å². The molecule has 2 rings (SSSR count). The van der Waals surface area contributed by atoms with E-state index in [0.29, 0.717) is 17.2 Å². The SMILES string of the molecule is CC(C)c1cc(Br)ccc1Oc1ccc(F)cc1[C@H](C)N. The van der Waals surface area contributed by atoms with Crippen LogP contribution in [0.4, 0.5) is 4.39 Å². The molecule has 2 N–H and O–H groups in total. The second kappa shape index (κ2) is 6.58. The Morgan fingerprint density at radius 2 is 1.62 bits per heavy atom. The van der Waals surface area contributed by atoms with Gasteiger partial charge in [0.2, 0.25) is 0 Å². The molecule has 0 aromatic heterocycles. The third kappa shape index (κ3) is 3.83. The van der Waals surface area contributed by atoms with Crippen molar-refractivity contribution in [2.45, 2.75) is 32.7 Å². The molecule has 0 aliphatic carbocycles. The fourth-order valence-corrected chi connectivity index (χ4v) is 2.53. The Labute approximate surface area is 133 Å². The van der Waals surface area contributed by atoms with E-state index in [0.717, 1.165) is 15.8 Å². The highest BCUT2D eigenvalue weighted by molar-refractivity contribution is 9.10. The number of hydrogen-bond acceptors (Lipinski definition) is 2. The molecule has 0 aliphatic heterocycles. The molecular formula is C17H19BrFNO. The maximum Gasteiger partial charge on any atom is 0.132 e. The van der Waals surface area contributed by atoms with Crippen LogP contribution < -0.4 is 10.5 Å². The second-order valence-electron chi connectivity index (χ2n) is 5.41. The standard InChI is InChI=1S/C17H19BrFNO/c1-10(2)14-8-12(18)4-6-16(14)21-17-7-5-13(19)9-15(17)11(3)20/h4-11H,20H2,1-3H3/t11-/m0/s1. The quantitative estimate of drug-likeness (QED) is 0.786. The molecular weight excluding hydrogens is 333 g/mol. The highest BCUT2D eigenvalue weighted by Gasteiger charge is 2.14. The summed E-state index contributed by atoms with van der Waals surface area (Å²) in [7, 11) is 0. The van der Waals surface area contributed by atoms with Gasteiger partial charge < -0.3 is 10.5 Å². The van der Waals surface area contributed by atoms with E-state index in [1.165, 1.54) is 12.1 Å². The molecule has 4 heteroatoms. The van der Waals surface area contributed by atoms with Gasteiger partial charge in [0.1, 0.15) is 17.3 Å². The van der Waals surface area contributed by atoms with E-state index in [2.05, 4.69) is 29.8 Å². The van der Waals surface area contributed by atoms with Crippen LogP contribution in [-0.2, 0) is 0 Å². The third-order valence-corrected chi connectivity index (χ3v) is 3.77. The van der Waals surface area contributed by atoms with E-state index >= 15 is 0 Å². The van der Waals surface area contributed by atoms with E-state index in [-0.39, 0.29) is 11.9 Å². The lowest BCUT2D eigenvalue weighted by atomic mass is 10.0. The molecule has 0 heterocycles. The number of rotatable bonds is 4. The number of benzene rings is 2. The summed E-state index contributed by atoms with van der Waals surface area (Å²) in [6.07, 6.45) is 0. The zero-order valence-corrected chi connectivity index (χ0v) is 13.9. The van der Waals surface area contributed by atoms with Gasteiger partial charge in [0.05, 0.1) is 0 Å². The van der Waals surface area contributed by atoms with Gasteiger partial charge in [0, 0.05) is 16.1 Å². The number of ether oxygens (including phenoxy) is 1. The molecule has 0 unspecified atom stereocenters. The average molecular weight is 352 g/mol. The summed E-state index contributed by atoms with van der Waals surface area (Å²) in [6.45, 7) is 6.02. The van der Waals surface area contributed by atoms with Crippen molar-refractivity contribution in [3.05, 3.63) is 57.8 Å². The van der Waals surface area contributed by atoms with Gasteiger partial charge in [-0.05, 0) is 54.8 Å². The monoisotopic (exact) mass is 351 g/mol. The van der Waals surface area contributed by atoms with Crippen LogP contribution in [0.25, 0.3) is 0 Å². The predicted molar refractivity (Wildman–Crippen MR) is 87.3 cm³/mol. The zero-order valence-electron chi connectivity index (χ0n) is 12.4. The summed E-state index contributed by atoms with van der Waals surface area (Å²) in [5.41, 5.74) is 7.65. The summed E-state index contributed by atoms with van der Waals surface area (Å²) in [5.74, 6) is 1.36. The molecule has 0 fully saturated rings. The van der Waals surface area contributed by atoms with Crippen molar-refractivity contribution >= 4 is 15.9 Å². The second-order valence-corrected chi connectivity index (χ2v) is 6.33. The molecule has 0 amide bonds. The Hall–Kier alpha value is -1.39. The van der Waals surface area contributed by atoms with Crippen molar-refractivity contribution in [1.82, 2.24) is 0 Å². The molecule has 112 valence electrons. The number of nitrogens with two attached hydrogens (primary N) is 1.